The molecule has 22 heavy (non-hydrogen) atoms. The molecular formula is C17H17N3O2. The maximum atomic E-state index is 11.3. The van der Waals surface area contributed by atoms with Gasteiger partial charge in [0.15, 0.2) is 5.75 Å². The lowest BCUT2D eigenvalue weighted by atomic mass is 10.1. The van der Waals surface area contributed by atoms with Crippen molar-refractivity contribution in [3.63, 3.8) is 0 Å². The number of rotatable bonds is 4. The van der Waals surface area contributed by atoms with Crippen LogP contribution in [-0.4, -0.2) is 20.9 Å². The van der Waals surface area contributed by atoms with Gasteiger partial charge >= 0.3 is 5.97 Å². The summed E-state index contributed by atoms with van der Waals surface area (Å²) < 4.78 is 5.28. The largest absolute Gasteiger partial charge is 0.424 e. The molecule has 0 amide bonds. The highest BCUT2D eigenvalue weighted by Crippen LogP contribution is 2.33. The number of carbonyl (C=O) groups is 1. The van der Waals surface area contributed by atoms with Crippen LogP contribution in [-0.2, 0) is 11.2 Å². The van der Waals surface area contributed by atoms with Crippen molar-refractivity contribution in [2.75, 3.05) is 0 Å². The summed E-state index contributed by atoms with van der Waals surface area (Å²) in [6, 6.07) is 9.85. The van der Waals surface area contributed by atoms with Gasteiger partial charge in [-0.3, -0.25) is 4.79 Å². The van der Waals surface area contributed by atoms with Crippen LogP contribution in [0.1, 0.15) is 26.1 Å². The molecular weight excluding hydrogens is 278 g/mol. The van der Waals surface area contributed by atoms with Crippen LogP contribution < -0.4 is 4.74 Å². The van der Waals surface area contributed by atoms with Crippen molar-refractivity contribution in [2.24, 2.45) is 0 Å². The molecule has 0 aliphatic heterocycles. The van der Waals surface area contributed by atoms with E-state index < -0.39 is 0 Å². The number of H-pyrrole nitrogens is 1. The van der Waals surface area contributed by atoms with Gasteiger partial charge < -0.3 is 9.72 Å². The Morgan fingerprint density at radius 3 is 2.68 bits per heavy atom. The summed E-state index contributed by atoms with van der Waals surface area (Å²) in [5, 5.41) is 0.737. The van der Waals surface area contributed by atoms with Gasteiger partial charge in [-0.15, -0.1) is 0 Å². The molecule has 2 heterocycles. The summed E-state index contributed by atoms with van der Waals surface area (Å²) in [6.45, 7) is 3.47. The summed E-state index contributed by atoms with van der Waals surface area (Å²) >= 11 is 0. The number of nitrogens with one attached hydrogen (secondary N) is 1. The van der Waals surface area contributed by atoms with E-state index in [2.05, 4.69) is 21.9 Å². The summed E-state index contributed by atoms with van der Waals surface area (Å²) in [6.07, 6.45) is 3.43. The van der Waals surface area contributed by atoms with Crippen LogP contribution in [0.3, 0.4) is 0 Å². The van der Waals surface area contributed by atoms with Gasteiger partial charge in [0.1, 0.15) is 11.5 Å². The first-order chi connectivity index (χ1) is 10.7. The van der Waals surface area contributed by atoms with Gasteiger partial charge in [-0.05, 0) is 6.42 Å². The van der Waals surface area contributed by atoms with E-state index in [1.807, 2.05) is 30.3 Å². The Morgan fingerprint density at radius 1 is 1.23 bits per heavy atom. The van der Waals surface area contributed by atoms with Crippen molar-refractivity contribution < 1.29 is 9.53 Å². The van der Waals surface area contributed by atoms with Crippen LogP contribution in [0.25, 0.3) is 22.3 Å². The maximum absolute atomic E-state index is 11.3. The fraction of sp³-hybridized carbons (Fsp3) is 0.235. The van der Waals surface area contributed by atoms with Gasteiger partial charge in [0.2, 0.25) is 0 Å². The third kappa shape index (κ3) is 2.70. The predicted molar refractivity (Wildman–Crippen MR) is 84.6 cm³/mol. The van der Waals surface area contributed by atoms with Crippen LogP contribution in [0.15, 0.2) is 36.5 Å². The second-order valence-corrected chi connectivity index (χ2v) is 5.07. The number of aromatic nitrogens is 3. The number of nitrogens with zero attached hydrogens (tertiary/aromatic N) is 2. The van der Waals surface area contributed by atoms with Crippen LogP contribution in [0.4, 0.5) is 0 Å². The Kier molecular flexibility index (Phi) is 3.87. The van der Waals surface area contributed by atoms with Gasteiger partial charge in [0.25, 0.3) is 0 Å². The number of fused-ring (bicyclic) bond motifs is 1. The predicted octanol–water partition coefficient (Wildman–Crippen LogP) is 3.50. The normalized spacial score (nSPS) is 10.8. The summed E-state index contributed by atoms with van der Waals surface area (Å²) in [5.41, 5.74) is 2.44. The van der Waals surface area contributed by atoms with E-state index in [0.717, 1.165) is 35.3 Å². The molecule has 3 aromatic rings. The zero-order valence-electron chi connectivity index (χ0n) is 12.6. The zero-order valence-corrected chi connectivity index (χ0v) is 12.6. The molecule has 0 unspecified atom stereocenters. The van der Waals surface area contributed by atoms with Crippen LogP contribution in [0.2, 0.25) is 0 Å². The number of aryl methyl sites for hydroxylation is 1. The zero-order chi connectivity index (χ0) is 15.5. The van der Waals surface area contributed by atoms with E-state index in [4.69, 9.17) is 4.74 Å². The van der Waals surface area contributed by atoms with Crippen molar-refractivity contribution in [3.8, 4) is 17.0 Å². The van der Waals surface area contributed by atoms with Gasteiger partial charge in [-0.2, -0.15) is 0 Å². The molecule has 1 aromatic carbocycles. The van der Waals surface area contributed by atoms with E-state index in [1.165, 1.54) is 6.92 Å². The smallest absolute Gasteiger partial charge is 0.308 e. The molecule has 0 fully saturated rings. The molecule has 0 aliphatic rings. The van der Waals surface area contributed by atoms with Crippen molar-refractivity contribution in [2.45, 2.75) is 26.7 Å². The Labute approximate surface area is 128 Å². The lowest BCUT2D eigenvalue weighted by Gasteiger charge is -2.07. The van der Waals surface area contributed by atoms with Crippen molar-refractivity contribution >= 4 is 17.0 Å². The Bertz CT molecular complexity index is 809. The second kappa shape index (κ2) is 5.97. The first-order valence-corrected chi connectivity index (χ1v) is 7.31. The molecule has 1 N–H and O–H groups in total. The molecule has 0 saturated heterocycles. The Hall–Kier alpha value is -2.69. The topological polar surface area (TPSA) is 67.9 Å². The van der Waals surface area contributed by atoms with Gasteiger partial charge in [0.05, 0.1) is 11.1 Å². The van der Waals surface area contributed by atoms with Crippen molar-refractivity contribution in [1.29, 1.82) is 0 Å². The first-order valence-electron chi connectivity index (χ1n) is 7.31. The number of hydrogen-bond acceptors (Lipinski definition) is 4. The molecule has 3 rings (SSSR count). The van der Waals surface area contributed by atoms with E-state index in [1.54, 1.807) is 6.20 Å². The van der Waals surface area contributed by atoms with Gasteiger partial charge in [0, 0.05) is 25.1 Å². The summed E-state index contributed by atoms with van der Waals surface area (Å²) in [7, 11) is 0. The highest BCUT2D eigenvalue weighted by molar-refractivity contribution is 5.97. The molecule has 112 valence electrons. The molecule has 5 heteroatoms. The lowest BCUT2D eigenvalue weighted by Crippen LogP contribution is -2.02. The first kappa shape index (κ1) is 14.3. The van der Waals surface area contributed by atoms with Crippen molar-refractivity contribution in [3.05, 3.63) is 42.4 Å². The highest BCUT2D eigenvalue weighted by Gasteiger charge is 2.17. The molecule has 5 nitrogen and oxygen atoms in total. The maximum Gasteiger partial charge on any atom is 0.308 e. The van der Waals surface area contributed by atoms with Gasteiger partial charge in [-0.25, -0.2) is 9.97 Å². The molecule has 0 aliphatic carbocycles. The fourth-order valence-electron chi connectivity index (χ4n) is 2.43. The van der Waals surface area contributed by atoms with E-state index >= 15 is 0 Å². The third-order valence-electron chi connectivity index (χ3n) is 3.32. The lowest BCUT2D eigenvalue weighted by molar-refractivity contribution is -0.131. The number of ether oxygens (including phenoxy) is 1. The van der Waals surface area contributed by atoms with Gasteiger partial charge in [-0.1, -0.05) is 37.3 Å². The molecule has 0 saturated carbocycles. The number of benzene rings is 1. The molecule has 0 radical (unpaired) electrons. The summed E-state index contributed by atoms with van der Waals surface area (Å²) in [5.74, 6) is 0.882. The second-order valence-electron chi connectivity index (χ2n) is 5.07. The average molecular weight is 295 g/mol. The van der Waals surface area contributed by atoms with E-state index in [-0.39, 0.29) is 5.97 Å². The number of carbonyl (C=O) groups excluding carboxylic acids is 1. The van der Waals surface area contributed by atoms with Crippen molar-refractivity contribution in [1.82, 2.24) is 15.0 Å². The van der Waals surface area contributed by atoms with E-state index in [0.29, 0.717) is 11.4 Å². The third-order valence-corrected chi connectivity index (χ3v) is 3.32. The number of esters is 1. The molecule has 0 atom stereocenters. The molecule has 2 aromatic heterocycles. The van der Waals surface area contributed by atoms with E-state index in [9.17, 15) is 4.79 Å². The minimum Gasteiger partial charge on any atom is -0.424 e. The quantitative estimate of drug-likeness (QED) is 0.748. The molecule has 0 bridgehead atoms. The monoisotopic (exact) mass is 295 g/mol. The van der Waals surface area contributed by atoms with Crippen LogP contribution >= 0.6 is 0 Å². The fourth-order valence-corrected chi connectivity index (χ4v) is 2.43. The van der Waals surface area contributed by atoms with Crippen LogP contribution in [0.5, 0.6) is 5.75 Å². The minimum atomic E-state index is -0.363. The number of aromatic amines is 1. The standard InChI is InChI=1S/C17H17N3O2/c1-3-7-14-19-16(12-8-5-4-6-9-12)15-13(22-11(2)21)10-18-17(15)20-14/h4-6,8-10H,3,7H2,1-2H3,(H,18,19,20). The van der Waals surface area contributed by atoms with Crippen LogP contribution in [0, 0.1) is 0 Å². The number of hydrogen-bond donors (Lipinski definition) is 1. The Morgan fingerprint density at radius 2 is 2.00 bits per heavy atom. The summed E-state index contributed by atoms with van der Waals surface area (Å²) in [4.78, 5) is 23.6. The average Bonchev–Trinajstić information content (AvgIpc) is 2.90. The SMILES string of the molecule is CCCc1nc(-c2ccccc2)c2c(OC(C)=O)c[nH]c2n1. The highest BCUT2D eigenvalue weighted by atomic mass is 16.5. The minimum absolute atomic E-state index is 0.363. The molecule has 0 spiro atoms. The Balaban J connectivity index is 2.24.